The number of hydrogen-bond acceptors (Lipinski definition) is 5. The van der Waals surface area contributed by atoms with Gasteiger partial charge in [-0.15, -0.1) is 0 Å². The summed E-state index contributed by atoms with van der Waals surface area (Å²) in [5.74, 6) is 0.844. The maximum absolute atomic E-state index is 12.9. The second kappa shape index (κ2) is 6.56. The number of anilines is 1. The van der Waals surface area contributed by atoms with Crippen LogP contribution in [0.5, 0.6) is 0 Å². The summed E-state index contributed by atoms with van der Waals surface area (Å²) in [6.07, 6.45) is 3.25. The van der Waals surface area contributed by atoms with E-state index in [2.05, 4.69) is 14.6 Å². The summed E-state index contributed by atoms with van der Waals surface area (Å²) >= 11 is 1.25. The van der Waals surface area contributed by atoms with Gasteiger partial charge >= 0.3 is 0 Å². The Morgan fingerprint density at radius 1 is 1.22 bits per heavy atom. The Balaban J connectivity index is 1.36. The number of benzene rings is 1. The number of fused-ring (bicyclic) bond motifs is 4. The van der Waals surface area contributed by atoms with E-state index >= 15 is 0 Å². The van der Waals surface area contributed by atoms with Crippen molar-refractivity contribution in [2.75, 3.05) is 31.1 Å². The molecule has 142 valence electrons. The number of carbonyl (C=O) groups excluding carboxylic acids is 2. The van der Waals surface area contributed by atoms with Gasteiger partial charge in [0.2, 0.25) is 5.91 Å². The van der Waals surface area contributed by atoms with Crippen LogP contribution in [0.1, 0.15) is 35.9 Å². The average molecular weight is 385 g/mol. The summed E-state index contributed by atoms with van der Waals surface area (Å²) in [5, 5.41) is 4.13. The van der Waals surface area contributed by atoms with Crippen LogP contribution in [-0.2, 0) is 4.79 Å². The fourth-order valence-electron chi connectivity index (χ4n) is 4.70. The summed E-state index contributed by atoms with van der Waals surface area (Å²) in [7, 11) is 0. The number of aromatic nitrogens is 1. The van der Waals surface area contributed by atoms with Gasteiger partial charge in [0, 0.05) is 36.1 Å². The molecule has 1 aromatic heterocycles. The predicted octanol–water partition coefficient (Wildman–Crippen LogP) is 2.49. The molecular formula is C20H24N4O2S. The molecule has 6 rings (SSSR count). The molecule has 2 amide bonds. The van der Waals surface area contributed by atoms with E-state index in [-0.39, 0.29) is 23.8 Å². The lowest BCUT2D eigenvalue weighted by Crippen LogP contribution is -2.57. The van der Waals surface area contributed by atoms with Crippen molar-refractivity contribution in [3.63, 3.8) is 0 Å². The lowest BCUT2D eigenvalue weighted by Gasteiger charge is -2.44. The minimum absolute atomic E-state index is 0.0140. The minimum atomic E-state index is -0.0140. The SMILES string of the molecule is CC1CCN(c2ccc3c(C(=O)N[C@@H]4CN5CCC4CC5)snc3c2)C1=O. The molecule has 27 heavy (non-hydrogen) atoms. The molecule has 4 fully saturated rings. The van der Waals surface area contributed by atoms with Crippen LogP contribution in [0.25, 0.3) is 10.9 Å². The van der Waals surface area contributed by atoms with Crippen molar-refractivity contribution in [2.45, 2.75) is 32.2 Å². The molecule has 2 bridgehead atoms. The first-order valence-corrected chi connectivity index (χ1v) is 10.6. The van der Waals surface area contributed by atoms with Crippen molar-refractivity contribution < 1.29 is 9.59 Å². The second-order valence-corrected chi connectivity index (χ2v) is 8.88. The maximum atomic E-state index is 12.9. The van der Waals surface area contributed by atoms with E-state index in [9.17, 15) is 9.59 Å². The number of hydrogen-bond donors (Lipinski definition) is 1. The van der Waals surface area contributed by atoms with E-state index in [0.717, 1.165) is 49.2 Å². The van der Waals surface area contributed by atoms with Gasteiger partial charge in [-0.3, -0.25) is 9.59 Å². The first kappa shape index (κ1) is 17.1. The zero-order chi connectivity index (χ0) is 18.5. The molecule has 0 spiro atoms. The molecule has 1 aromatic carbocycles. The Hall–Kier alpha value is -1.99. The summed E-state index contributed by atoms with van der Waals surface area (Å²) in [5.41, 5.74) is 1.68. The fourth-order valence-corrected chi connectivity index (χ4v) is 5.46. The van der Waals surface area contributed by atoms with Gasteiger partial charge in [-0.25, -0.2) is 0 Å². The Morgan fingerprint density at radius 3 is 2.70 bits per heavy atom. The molecule has 4 saturated heterocycles. The van der Waals surface area contributed by atoms with Crippen LogP contribution in [0, 0.1) is 11.8 Å². The quantitative estimate of drug-likeness (QED) is 0.883. The predicted molar refractivity (Wildman–Crippen MR) is 106 cm³/mol. The number of rotatable bonds is 3. The number of nitrogens with zero attached hydrogens (tertiary/aromatic N) is 3. The second-order valence-electron chi connectivity index (χ2n) is 8.11. The van der Waals surface area contributed by atoms with E-state index in [4.69, 9.17) is 0 Å². The third-order valence-electron chi connectivity index (χ3n) is 6.43. The van der Waals surface area contributed by atoms with E-state index in [1.54, 1.807) is 0 Å². The van der Waals surface area contributed by atoms with Crippen LogP contribution in [0.3, 0.4) is 0 Å². The van der Waals surface area contributed by atoms with E-state index < -0.39 is 0 Å². The molecule has 4 aliphatic heterocycles. The van der Waals surface area contributed by atoms with Gasteiger partial charge in [0.25, 0.3) is 5.91 Å². The van der Waals surface area contributed by atoms with Crippen molar-refractivity contribution in [2.24, 2.45) is 11.8 Å². The minimum Gasteiger partial charge on any atom is -0.347 e. The number of piperidine rings is 3. The molecule has 5 heterocycles. The van der Waals surface area contributed by atoms with Crippen LogP contribution < -0.4 is 10.2 Å². The van der Waals surface area contributed by atoms with Gasteiger partial charge in [0.15, 0.2) is 0 Å². The van der Waals surface area contributed by atoms with Crippen LogP contribution in [0.2, 0.25) is 0 Å². The summed E-state index contributed by atoms with van der Waals surface area (Å²) in [6.45, 7) is 6.02. The van der Waals surface area contributed by atoms with E-state index in [1.807, 2.05) is 30.0 Å². The van der Waals surface area contributed by atoms with Crippen LogP contribution in [0.15, 0.2) is 18.2 Å². The third-order valence-corrected chi connectivity index (χ3v) is 7.30. The Labute approximate surface area is 162 Å². The molecule has 1 N–H and O–H groups in total. The Morgan fingerprint density at radius 2 is 2.04 bits per heavy atom. The largest absolute Gasteiger partial charge is 0.347 e. The zero-order valence-corrected chi connectivity index (χ0v) is 16.3. The number of amides is 2. The first-order chi connectivity index (χ1) is 13.1. The van der Waals surface area contributed by atoms with Gasteiger partial charge in [0.1, 0.15) is 4.88 Å². The van der Waals surface area contributed by atoms with Crippen LogP contribution in [-0.4, -0.2) is 53.3 Å². The molecule has 2 atom stereocenters. The normalized spacial score (nSPS) is 30.3. The third kappa shape index (κ3) is 2.93. The molecule has 0 saturated carbocycles. The monoisotopic (exact) mass is 384 g/mol. The van der Waals surface area contributed by atoms with Gasteiger partial charge in [0.05, 0.1) is 5.52 Å². The molecule has 0 radical (unpaired) electrons. The van der Waals surface area contributed by atoms with Crippen LogP contribution in [0.4, 0.5) is 5.69 Å². The first-order valence-electron chi connectivity index (χ1n) is 9.84. The molecule has 1 unspecified atom stereocenters. The molecule has 7 heteroatoms. The van der Waals surface area contributed by atoms with E-state index in [1.165, 1.54) is 24.4 Å². The van der Waals surface area contributed by atoms with Crippen molar-refractivity contribution in [1.82, 2.24) is 14.6 Å². The van der Waals surface area contributed by atoms with E-state index in [0.29, 0.717) is 10.8 Å². The van der Waals surface area contributed by atoms with Gasteiger partial charge in [-0.1, -0.05) is 6.92 Å². The Kier molecular flexibility index (Phi) is 4.16. The standard InChI is InChI=1S/C20H24N4O2S/c1-12-4-9-24(20(12)26)14-2-3-15-16(10-14)22-27-18(15)19(25)21-17-11-23-7-5-13(17)6-8-23/h2-3,10,12-13,17H,4-9,11H2,1H3,(H,21,25)/t12?,17-/m1/s1. The zero-order valence-electron chi connectivity index (χ0n) is 15.5. The molecule has 6 nitrogen and oxygen atoms in total. The molecule has 0 aliphatic carbocycles. The number of carbonyl (C=O) groups is 2. The maximum Gasteiger partial charge on any atom is 0.263 e. The van der Waals surface area contributed by atoms with Gasteiger partial charge in [-0.05, 0) is 68.0 Å². The smallest absolute Gasteiger partial charge is 0.263 e. The Bertz CT molecular complexity index is 903. The van der Waals surface area contributed by atoms with Crippen LogP contribution >= 0.6 is 11.5 Å². The van der Waals surface area contributed by atoms with Gasteiger partial charge in [-0.2, -0.15) is 4.37 Å². The topological polar surface area (TPSA) is 65.5 Å². The number of nitrogens with one attached hydrogen (secondary N) is 1. The van der Waals surface area contributed by atoms with Gasteiger partial charge < -0.3 is 15.1 Å². The highest BCUT2D eigenvalue weighted by Gasteiger charge is 2.35. The lowest BCUT2D eigenvalue weighted by atomic mass is 9.84. The summed E-state index contributed by atoms with van der Waals surface area (Å²) in [4.78, 5) is 30.1. The van der Waals surface area contributed by atoms with Crippen molar-refractivity contribution in [3.8, 4) is 0 Å². The molecule has 2 aromatic rings. The highest BCUT2D eigenvalue weighted by molar-refractivity contribution is 7.09. The molecular weight excluding hydrogens is 360 g/mol. The molecule has 4 aliphatic rings. The summed E-state index contributed by atoms with van der Waals surface area (Å²) in [6, 6.07) is 6.07. The fraction of sp³-hybridized carbons (Fsp3) is 0.550. The summed E-state index contributed by atoms with van der Waals surface area (Å²) < 4.78 is 4.49. The van der Waals surface area contributed by atoms with Crippen molar-refractivity contribution >= 4 is 39.9 Å². The lowest BCUT2D eigenvalue weighted by molar-refractivity contribution is -0.119. The van der Waals surface area contributed by atoms with Crippen molar-refractivity contribution in [3.05, 3.63) is 23.1 Å². The van der Waals surface area contributed by atoms with Crippen molar-refractivity contribution in [1.29, 1.82) is 0 Å². The highest BCUT2D eigenvalue weighted by Crippen LogP contribution is 2.31. The highest BCUT2D eigenvalue weighted by atomic mass is 32.1. The average Bonchev–Trinajstić information content (AvgIpc) is 3.26.